The summed E-state index contributed by atoms with van der Waals surface area (Å²) in [6, 6.07) is 1.06. The van der Waals surface area contributed by atoms with Crippen LogP contribution >= 0.6 is 0 Å². The molecule has 1 aliphatic heterocycles. The van der Waals surface area contributed by atoms with Gasteiger partial charge in [-0.3, -0.25) is 4.90 Å². The van der Waals surface area contributed by atoms with Crippen molar-refractivity contribution in [2.45, 2.75) is 46.3 Å². The van der Waals surface area contributed by atoms with E-state index in [1.54, 1.807) is 0 Å². The number of hydrogen-bond acceptors (Lipinski definition) is 5. The molecule has 0 amide bonds. The van der Waals surface area contributed by atoms with Crippen molar-refractivity contribution in [1.82, 2.24) is 20.2 Å². The van der Waals surface area contributed by atoms with E-state index in [0.29, 0.717) is 12.1 Å². The molecule has 1 aliphatic rings. The fourth-order valence-electron chi connectivity index (χ4n) is 2.63. The molecule has 2 atom stereocenters. The third-order valence-electron chi connectivity index (χ3n) is 4.28. The van der Waals surface area contributed by atoms with E-state index in [9.17, 15) is 0 Å². The molecule has 2 rings (SSSR count). The Morgan fingerprint density at radius 2 is 1.95 bits per heavy atom. The largest absolute Gasteiger partial charge is 0.338 e. The molecule has 1 fully saturated rings. The Bertz CT molecular complexity index is 436. The highest BCUT2D eigenvalue weighted by Gasteiger charge is 2.27. The van der Waals surface area contributed by atoms with Crippen molar-refractivity contribution < 1.29 is 0 Å². The van der Waals surface area contributed by atoms with Gasteiger partial charge in [0.05, 0.1) is 0 Å². The number of nitrogens with one attached hydrogen (secondary N) is 1. The SMILES string of the molecule is CCNCc1cnc(N2CC(C)N(C)C(C)C2)nc1C. The molecule has 1 saturated heterocycles. The van der Waals surface area contributed by atoms with Gasteiger partial charge in [0.25, 0.3) is 0 Å². The lowest BCUT2D eigenvalue weighted by atomic mass is 10.1. The first-order chi connectivity index (χ1) is 9.52. The van der Waals surface area contributed by atoms with Crippen LogP contribution in [-0.4, -0.2) is 53.6 Å². The number of rotatable bonds is 4. The average Bonchev–Trinajstić information content (AvgIpc) is 2.43. The molecule has 1 aromatic heterocycles. The van der Waals surface area contributed by atoms with E-state index in [-0.39, 0.29) is 0 Å². The number of piperazine rings is 1. The maximum atomic E-state index is 4.70. The number of anilines is 1. The van der Waals surface area contributed by atoms with E-state index < -0.39 is 0 Å². The zero-order chi connectivity index (χ0) is 14.7. The second-order valence-corrected chi connectivity index (χ2v) is 5.83. The molecule has 0 bridgehead atoms. The first-order valence-corrected chi connectivity index (χ1v) is 7.53. The van der Waals surface area contributed by atoms with E-state index >= 15 is 0 Å². The van der Waals surface area contributed by atoms with Crippen LogP contribution in [0, 0.1) is 6.92 Å². The molecule has 0 aliphatic carbocycles. The predicted molar refractivity (Wildman–Crippen MR) is 83.0 cm³/mol. The molecule has 112 valence electrons. The highest BCUT2D eigenvalue weighted by Crippen LogP contribution is 2.19. The molecular formula is C15H27N5. The maximum Gasteiger partial charge on any atom is 0.225 e. The fourth-order valence-corrected chi connectivity index (χ4v) is 2.63. The molecule has 2 heterocycles. The molecule has 0 radical (unpaired) electrons. The van der Waals surface area contributed by atoms with Crippen LogP contribution in [0.5, 0.6) is 0 Å². The second kappa shape index (κ2) is 6.50. The minimum atomic E-state index is 0.532. The number of likely N-dealkylation sites (N-methyl/N-ethyl adjacent to an activating group) is 1. The van der Waals surface area contributed by atoms with Crippen molar-refractivity contribution in [3.8, 4) is 0 Å². The van der Waals surface area contributed by atoms with Crippen LogP contribution in [0.3, 0.4) is 0 Å². The highest BCUT2D eigenvalue weighted by atomic mass is 15.3. The molecule has 1 aromatic rings. The Labute approximate surface area is 122 Å². The van der Waals surface area contributed by atoms with Crippen LogP contribution in [0.1, 0.15) is 32.0 Å². The zero-order valence-electron chi connectivity index (χ0n) is 13.3. The van der Waals surface area contributed by atoms with Gasteiger partial charge in [-0.05, 0) is 34.4 Å². The zero-order valence-corrected chi connectivity index (χ0v) is 13.3. The van der Waals surface area contributed by atoms with Gasteiger partial charge in [0.15, 0.2) is 0 Å². The van der Waals surface area contributed by atoms with E-state index in [4.69, 9.17) is 4.98 Å². The van der Waals surface area contributed by atoms with Crippen LogP contribution in [0.15, 0.2) is 6.20 Å². The van der Waals surface area contributed by atoms with Gasteiger partial charge in [-0.15, -0.1) is 0 Å². The van der Waals surface area contributed by atoms with Crippen molar-refractivity contribution >= 4 is 5.95 Å². The monoisotopic (exact) mass is 277 g/mol. The van der Waals surface area contributed by atoms with Gasteiger partial charge in [-0.2, -0.15) is 0 Å². The van der Waals surface area contributed by atoms with E-state index in [1.807, 2.05) is 6.20 Å². The topological polar surface area (TPSA) is 44.3 Å². The lowest BCUT2D eigenvalue weighted by Crippen LogP contribution is -2.55. The summed E-state index contributed by atoms with van der Waals surface area (Å²) in [5.74, 6) is 0.870. The molecule has 0 spiro atoms. The molecular weight excluding hydrogens is 250 g/mol. The summed E-state index contributed by atoms with van der Waals surface area (Å²) < 4.78 is 0. The molecule has 0 saturated carbocycles. The first kappa shape index (κ1) is 15.2. The van der Waals surface area contributed by atoms with Crippen molar-refractivity contribution in [3.05, 3.63) is 17.5 Å². The van der Waals surface area contributed by atoms with Crippen molar-refractivity contribution in [3.63, 3.8) is 0 Å². The molecule has 2 unspecified atom stereocenters. The molecule has 0 aromatic carbocycles. The summed E-state index contributed by atoms with van der Waals surface area (Å²) in [6.07, 6.45) is 1.97. The minimum Gasteiger partial charge on any atom is -0.338 e. The van der Waals surface area contributed by atoms with Gasteiger partial charge in [0.1, 0.15) is 0 Å². The normalized spacial score (nSPS) is 24.1. The Hall–Kier alpha value is -1.20. The van der Waals surface area contributed by atoms with Gasteiger partial charge >= 0.3 is 0 Å². The van der Waals surface area contributed by atoms with Gasteiger partial charge in [-0.25, -0.2) is 9.97 Å². The lowest BCUT2D eigenvalue weighted by molar-refractivity contribution is 0.169. The maximum absolute atomic E-state index is 4.70. The quantitative estimate of drug-likeness (QED) is 0.902. The summed E-state index contributed by atoms with van der Waals surface area (Å²) in [7, 11) is 2.19. The molecule has 1 N–H and O–H groups in total. The van der Waals surface area contributed by atoms with Crippen molar-refractivity contribution in [1.29, 1.82) is 0 Å². The molecule has 20 heavy (non-hydrogen) atoms. The number of hydrogen-bond donors (Lipinski definition) is 1. The summed E-state index contributed by atoms with van der Waals surface area (Å²) in [5, 5.41) is 3.32. The van der Waals surface area contributed by atoms with E-state index in [2.05, 4.69) is 54.8 Å². The Morgan fingerprint density at radius 1 is 1.30 bits per heavy atom. The number of aryl methyl sites for hydroxylation is 1. The fraction of sp³-hybridized carbons (Fsp3) is 0.733. The van der Waals surface area contributed by atoms with Gasteiger partial charge in [-0.1, -0.05) is 6.92 Å². The lowest BCUT2D eigenvalue weighted by Gasteiger charge is -2.42. The van der Waals surface area contributed by atoms with E-state index in [1.165, 1.54) is 5.56 Å². The third kappa shape index (κ3) is 3.27. The van der Waals surface area contributed by atoms with Crippen LogP contribution in [-0.2, 0) is 6.54 Å². The standard InChI is InChI=1S/C15H27N5/c1-6-16-7-14-8-17-15(18-13(14)4)20-9-11(2)19(5)12(3)10-20/h8,11-12,16H,6-7,9-10H2,1-5H3. The smallest absolute Gasteiger partial charge is 0.225 e. The second-order valence-electron chi connectivity index (χ2n) is 5.83. The highest BCUT2D eigenvalue weighted by molar-refractivity contribution is 5.34. The van der Waals surface area contributed by atoms with E-state index in [0.717, 1.165) is 37.8 Å². The van der Waals surface area contributed by atoms with Crippen LogP contribution in [0.4, 0.5) is 5.95 Å². The first-order valence-electron chi connectivity index (χ1n) is 7.53. The van der Waals surface area contributed by atoms with Crippen molar-refractivity contribution in [2.24, 2.45) is 0 Å². The number of nitrogens with zero attached hydrogens (tertiary/aromatic N) is 4. The van der Waals surface area contributed by atoms with Crippen LogP contribution in [0.2, 0.25) is 0 Å². The third-order valence-corrected chi connectivity index (χ3v) is 4.28. The van der Waals surface area contributed by atoms with Gasteiger partial charge in [0.2, 0.25) is 5.95 Å². The van der Waals surface area contributed by atoms with Gasteiger partial charge in [0, 0.05) is 49.2 Å². The van der Waals surface area contributed by atoms with Crippen molar-refractivity contribution in [2.75, 3.05) is 31.6 Å². The van der Waals surface area contributed by atoms with Crippen LogP contribution < -0.4 is 10.2 Å². The Morgan fingerprint density at radius 3 is 2.50 bits per heavy atom. The molecule has 5 heteroatoms. The summed E-state index contributed by atoms with van der Waals surface area (Å²) in [4.78, 5) is 14.0. The average molecular weight is 277 g/mol. The Kier molecular flexibility index (Phi) is 4.94. The van der Waals surface area contributed by atoms with Gasteiger partial charge < -0.3 is 10.2 Å². The minimum absolute atomic E-state index is 0.532. The summed E-state index contributed by atoms with van der Waals surface area (Å²) in [6.45, 7) is 12.5. The summed E-state index contributed by atoms with van der Waals surface area (Å²) in [5.41, 5.74) is 2.26. The van der Waals surface area contributed by atoms with Crippen LogP contribution in [0.25, 0.3) is 0 Å². The predicted octanol–water partition coefficient (Wildman–Crippen LogP) is 1.42. The Balaban J connectivity index is 2.11. The number of aromatic nitrogens is 2. The molecule has 5 nitrogen and oxygen atoms in total. The summed E-state index contributed by atoms with van der Waals surface area (Å²) >= 11 is 0.